The number of hydrogen-bond donors (Lipinski definition) is 4. The van der Waals surface area contributed by atoms with Gasteiger partial charge in [-0.15, -0.1) is 0 Å². The van der Waals surface area contributed by atoms with E-state index in [4.69, 9.17) is 25.4 Å². The fraction of sp³-hybridized carbons (Fsp3) is 0.750. The normalized spacial score (nSPS) is 17.8. The number of hydrogen-bond acceptors (Lipinski definition) is 7. The van der Waals surface area contributed by atoms with Crippen molar-refractivity contribution in [3.63, 3.8) is 0 Å². The zero-order chi connectivity index (χ0) is 34.3. The number of carbonyl (C=O) groups is 3. The van der Waals surface area contributed by atoms with E-state index in [1.165, 1.54) is 51.4 Å². The van der Waals surface area contributed by atoms with Crippen LogP contribution >= 0.6 is 0 Å². The molecule has 1 aromatic rings. The summed E-state index contributed by atoms with van der Waals surface area (Å²) in [5, 5.41) is 16.6. The van der Waals surface area contributed by atoms with Crippen LogP contribution in [-0.4, -0.2) is 46.3 Å². The van der Waals surface area contributed by atoms with Crippen molar-refractivity contribution in [3.05, 3.63) is 22.3 Å². The van der Waals surface area contributed by atoms with Gasteiger partial charge in [0.2, 0.25) is 0 Å². The summed E-state index contributed by atoms with van der Waals surface area (Å²) in [6.07, 6.45) is 13.4. The van der Waals surface area contributed by atoms with E-state index < -0.39 is 23.9 Å². The highest BCUT2D eigenvalue weighted by molar-refractivity contribution is 5.77. The van der Waals surface area contributed by atoms with Crippen LogP contribution in [0.5, 0.6) is 11.5 Å². The molecule has 0 saturated heterocycles. The number of fused-ring (bicyclic) bond motifs is 1. The molecule has 2 rings (SSSR count). The standard InChI is InChI=1S/C34H57NO5.C2H5NO2/c1-22(2)12-9-13-23(3)14-10-15-24(4)16-11-20-34(8)21-19-28-27(7)31(25(5)26(6)32(28)40-34)39-30(36)18-17-29(35)33(37)38;3-1-2(4)5/h22-24,29H,9-21,35H2,1-8H3,(H,37,38);1,3H2,(H,4,5)/t23?,24?,29-,34?;/m0./s1. The Morgan fingerprint density at radius 1 is 0.867 bits per heavy atom. The second-order valence-electron chi connectivity index (χ2n) is 14.0. The number of carboxylic acid groups (broad SMARTS) is 2. The summed E-state index contributed by atoms with van der Waals surface area (Å²) in [5.74, 6) is 1.38. The lowest BCUT2D eigenvalue weighted by Crippen LogP contribution is -2.37. The number of rotatable bonds is 18. The van der Waals surface area contributed by atoms with Gasteiger partial charge in [0, 0.05) is 12.0 Å². The number of esters is 1. The molecule has 0 aromatic heterocycles. The first-order valence-corrected chi connectivity index (χ1v) is 16.9. The van der Waals surface area contributed by atoms with Gasteiger partial charge in [0.15, 0.2) is 0 Å². The summed E-state index contributed by atoms with van der Waals surface area (Å²) in [5.41, 5.74) is 13.9. The molecule has 4 atom stereocenters. The molecular formula is C36H62N2O7. The molecule has 9 heteroatoms. The third-order valence-electron chi connectivity index (χ3n) is 9.21. The highest BCUT2D eigenvalue weighted by atomic mass is 16.5. The monoisotopic (exact) mass is 634 g/mol. The van der Waals surface area contributed by atoms with Gasteiger partial charge in [0.05, 0.1) is 6.54 Å². The second kappa shape index (κ2) is 19.8. The Morgan fingerprint density at radius 3 is 1.91 bits per heavy atom. The van der Waals surface area contributed by atoms with Gasteiger partial charge in [-0.3, -0.25) is 14.4 Å². The molecule has 6 N–H and O–H groups in total. The SMILES string of the molecule is Cc1c(C)c2c(c(C)c1OC(=O)CC[C@H](N)C(=O)O)CCC(C)(CCCC(C)CCCC(C)CCCC(C)C)O2.NCC(=O)O. The second-order valence-corrected chi connectivity index (χ2v) is 14.0. The summed E-state index contributed by atoms with van der Waals surface area (Å²) >= 11 is 0. The van der Waals surface area contributed by atoms with E-state index in [1.54, 1.807) is 0 Å². The zero-order valence-corrected chi connectivity index (χ0v) is 29.3. The van der Waals surface area contributed by atoms with Crippen molar-refractivity contribution in [1.82, 2.24) is 0 Å². The first-order chi connectivity index (χ1) is 21.0. The summed E-state index contributed by atoms with van der Waals surface area (Å²) in [7, 11) is 0. The molecule has 0 bridgehead atoms. The van der Waals surface area contributed by atoms with Crippen LogP contribution in [-0.2, 0) is 20.8 Å². The van der Waals surface area contributed by atoms with Crippen molar-refractivity contribution in [2.24, 2.45) is 29.2 Å². The molecule has 45 heavy (non-hydrogen) atoms. The predicted octanol–water partition coefficient (Wildman–Crippen LogP) is 7.26. The minimum atomic E-state index is -1.11. The number of ether oxygens (including phenoxy) is 2. The molecule has 0 radical (unpaired) electrons. The van der Waals surface area contributed by atoms with Crippen LogP contribution in [0.1, 0.15) is 134 Å². The number of carboxylic acids is 2. The molecule has 1 heterocycles. The predicted molar refractivity (Wildman–Crippen MR) is 180 cm³/mol. The van der Waals surface area contributed by atoms with Crippen molar-refractivity contribution in [2.75, 3.05) is 6.54 Å². The summed E-state index contributed by atoms with van der Waals surface area (Å²) in [4.78, 5) is 32.7. The quantitative estimate of drug-likeness (QED) is 0.0961. The van der Waals surface area contributed by atoms with Gasteiger partial charge in [-0.2, -0.15) is 0 Å². The van der Waals surface area contributed by atoms with Gasteiger partial charge in [-0.1, -0.05) is 72.6 Å². The molecule has 0 aliphatic carbocycles. The molecule has 9 nitrogen and oxygen atoms in total. The molecule has 258 valence electrons. The molecule has 0 amide bonds. The minimum absolute atomic E-state index is 0.0349. The van der Waals surface area contributed by atoms with Crippen molar-refractivity contribution in [2.45, 2.75) is 151 Å². The Balaban J connectivity index is 0.00000187. The van der Waals surface area contributed by atoms with E-state index >= 15 is 0 Å². The molecule has 1 aromatic carbocycles. The van der Waals surface area contributed by atoms with Crippen LogP contribution in [0.2, 0.25) is 0 Å². The Hall–Kier alpha value is -2.65. The summed E-state index contributed by atoms with van der Waals surface area (Å²) < 4.78 is 12.4. The third kappa shape index (κ3) is 14.5. The lowest BCUT2D eigenvalue weighted by atomic mass is 9.83. The van der Waals surface area contributed by atoms with Crippen LogP contribution in [0.15, 0.2) is 0 Å². The van der Waals surface area contributed by atoms with E-state index in [2.05, 4.69) is 40.4 Å². The largest absolute Gasteiger partial charge is 0.487 e. The van der Waals surface area contributed by atoms with Gasteiger partial charge >= 0.3 is 17.9 Å². The van der Waals surface area contributed by atoms with Crippen LogP contribution in [0.3, 0.4) is 0 Å². The average molecular weight is 635 g/mol. The lowest BCUT2D eigenvalue weighted by molar-refractivity contribution is -0.139. The fourth-order valence-corrected chi connectivity index (χ4v) is 5.97. The first kappa shape index (κ1) is 40.4. The van der Waals surface area contributed by atoms with E-state index in [-0.39, 0.29) is 25.0 Å². The molecule has 1 aliphatic heterocycles. The number of carbonyl (C=O) groups excluding carboxylic acids is 1. The van der Waals surface area contributed by atoms with E-state index in [0.717, 1.165) is 65.0 Å². The maximum absolute atomic E-state index is 12.5. The molecular weight excluding hydrogens is 572 g/mol. The van der Waals surface area contributed by atoms with Crippen molar-refractivity contribution < 1.29 is 34.1 Å². The van der Waals surface area contributed by atoms with Gasteiger partial charge in [-0.25, -0.2) is 0 Å². The topological polar surface area (TPSA) is 162 Å². The first-order valence-electron chi connectivity index (χ1n) is 16.9. The van der Waals surface area contributed by atoms with Gasteiger partial charge in [0.25, 0.3) is 0 Å². The lowest BCUT2D eigenvalue weighted by Gasteiger charge is -2.38. The molecule has 0 fully saturated rings. The molecule has 3 unspecified atom stereocenters. The van der Waals surface area contributed by atoms with E-state index in [1.807, 2.05) is 20.8 Å². The smallest absolute Gasteiger partial charge is 0.320 e. The number of benzene rings is 1. The van der Waals surface area contributed by atoms with Gasteiger partial charge in [0.1, 0.15) is 23.1 Å². The summed E-state index contributed by atoms with van der Waals surface area (Å²) in [6, 6.07) is -1.07. The maximum Gasteiger partial charge on any atom is 0.320 e. The highest BCUT2D eigenvalue weighted by Crippen LogP contribution is 2.45. The van der Waals surface area contributed by atoms with Gasteiger partial charge < -0.3 is 31.2 Å². The molecule has 1 aliphatic rings. The minimum Gasteiger partial charge on any atom is -0.487 e. The number of aliphatic carboxylic acids is 2. The summed E-state index contributed by atoms with van der Waals surface area (Å²) in [6.45, 7) is 17.4. The Morgan fingerprint density at radius 2 is 1.40 bits per heavy atom. The average Bonchev–Trinajstić information content (AvgIpc) is 2.96. The molecule has 0 saturated carbocycles. The third-order valence-corrected chi connectivity index (χ3v) is 9.21. The van der Waals surface area contributed by atoms with E-state index in [9.17, 15) is 14.4 Å². The van der Waals surface area contributed by atoms with Crippen LogP contribution in [0.25, 0.3) is 0 Å². The Kier molecular flexibility index (Phi) is 17.7. The van der Waals surface area contributed by atoms with Crippen molar-refractivity contribution in [3.8, 4) is 11.5 Å². The van der Waals surface area contributed by atoms with Gasteiger partial charge in [-0.05, 0) is 94.2 Å². The van der Waals surface area contributed by atoms with Crippen molar-refractivity contribution >= 4 is 17.9 Å². The maximum atomic E-state index is 12.5. The van der Waals surface area contributed by atoms with Crippen LogP contribution in [0.4, 0.5) is 0 Å². The zero-order valence-electron chi connectivity index (χ0n) is 29.3. The fourth-order valence-electron chi connectivity index (χ4n) is 5.97. The molecule has 0 spiro atoms. The van der Waals surface area contributed by atoms with Crippen LogP contribution in [0, 0.1) is 38.5 Å². The Labute approximate surface area is 271 Å². The number of nitrogens with two attached hydrogens (primary N) is 2. The highest BCUT2D eigenvalue weighted by Gasteiger charge is 2.35. The Bertz CT molecular complexity index is 1100. The van der Waals surface area contributed by atoms with Crippen LogP contribution < -0.4 is 20.9 Å². The van der Waals surface area contributed by atoms with Crippen molar-refractivity contribution in [1.29, 1.82) is 0 Å². The van der Waals surface area contributed by atoms with E-state index in [0.29, 0.717) is 5.75 Å².